The lowest BCUT2D eigenvalue weighted by Gasteiger charge is -2.12. The van der Waals surface area contributed by atoms with Crippen LogP contribution in [0.2, 0.25) is 0 Å². The minimum Gasteiger partial charge on any atom is -0.350 e. The van der Waals surface area contributed by atoms with Crippen LogP contribution in [0.4, 0.5) is 10.5 Å². The number of rotatable bonds is 4. The van der Waals surface area contributed by atoms with Gasteiger partial charge < -0.3 is 9.88 Å². The molecule has 3 amide bonds. The van der Waals surface area contributed by atoms with Crippen LogP contribution in [-0.4, -0.2) is 33.1 Å². The highest BCUT2D eigenvalue weighted by atomic mass is 32.2. The lowest BCUT2D eigenvalue weighted by Crippen LogP contribution is -2.36. The Morgan fingerprint density at radius 3 is 2.72 bits per heavy atom. The summed E-state index contributed by atoms with van der Waals surface area (Å²) in [7, 11) is 1.93. The molecule has 1 aliphatic heterocycles. The summed E-state index contributed by atoms with van der Waals surface area (Å²) in [4.78, 5) is 38.7. The van der Waals surface area contributed by atoms with Gasteiger partial charge in [0.15, 0.2) is 0 Å². The molecule has 2 heterocycles. The lowest BCUT2D eigenvalue weighted by molar-refractivity contribution is -0.127. The monoisotopic (exact) mass is 405 g/mol. The van der Waals surface area contributed by atoms with E-state index in [2.05, 4.69) is 5.32 Å². The first-order valence-electron chi connectivity index (χ1n) is 9.08. The SMILES string of the molecule is Cc1cccc(NC(=O)CN2C(=O)S/C(=C\c3cn(C)c4ccccc34)C2=O)c1. The molecule has 1 saturated heterocycles. The Hall–Kier alpha value is -3.32. The number of para-hydroxylation sites is 1. The minimum atomic E-state index is -0.452. The third-order valence-corrected chi connectivity index (χ3v) is 5.60. The second kappa shape index (κ2) is 7.60. The summed E-state index contributed by atoms with van der Waals surface area (Å²) in [5.41, 5.74) is 3.54. The number of aromatic nitrogens is 1. The highest BCUT2D eigenvalue weighted by molar-refractivity contribution is 8.18. The molecule has 0 saturated carbocycles. The Morgan fingerprint density at radius 2 is 1.93 bits per heavy atom. The first-order valence-corrected chi connectivity index (χ1v) is 9.90. The van der Waals surface area contributed by atoms with Crippen molar-refractivity contribution >= 4 is 51.5 Å². The number of imide groups is 1. The van der Waals surface area contributed by atoms with Gasteiger partial charge in [0.2, 0.25) is 5.91 Å². The van der Waals surface area contributed by atoms with Crippen LogP contribution in [0.15, 0.2) is 59.6 Å². The van der Waals surface area contributed by atoms with Crippen molar-refractivity contribution in [2.75, 3.05) is 11.9 Å². The fourth-order valence-corrected chi connectivity index (χ4v) is 4.16. The van der Waals surface area contributed by atoms with E-state index in [9.17, 15) is 14.4 Å². The van der Waals surface area contributed by atoms with Gasteiger partial charge in [-0.15, -0.1) is 0 Å². The van der Waals surface area contributed by atoms with Gasteiger partial charge in [0, 0.05) is 35.4 Å². The maximum Gasteiger partial charge on any atom is 0.294 e. The van der Waals surface area contributed by atoms with Crippen molar-refractivity contribution in [1.82, 2.24) is 9.47 Å². The van der Waals surface area contributed by atoms with E-state index in [1.54, 1.807) is 12.1 Å². The van der Waals surface area contributed by atoms with E-state index in [-0.39, 0.29) is 6.54 Å². The molecule has 0 unspecified atom stereocenters. The zero-order chi connectivity index (χ0) is 20.5. The Balaban J connectivity index is 1.52. The van der Waals surface area contributed by atoms with Crippen molar-refractivity contribution in [3.8, 4) is 0 Å². The largest absolute Gasteiger partial charge is 0.350 e. The molecule has 1 N–H and O–H groups in total. The van der Waals surface area contributed by atoms with E-state index in [0.717, 1.165) is 38.7 Å². The molecule has 29 heavy (non-hydrogen) atoms. The highest BCUT2D eigenvalue weighted by Crippen LogP contribution is 2.33. The van der Waals surface area contributed by atoms with Crippen LogP contribution < -0.4 is 5.32 Å². The minimum absolute atomic E-state index is 0.314. The van der Waals surface area contributed by atoms with Gasteiger partial charge in [0.05, 0.1) is 4.91 Å². The Morgan fingerprint density at radius 1 is 1.14 bits per heavy atom. The summed E-state index contributed by atoms with van der Waals surface area (Å²) in [6.45, 7) is 1.61. The zero-order valence-corrected chi connectivity index (χ0v) is 16.8. The average molecular weight is 405 g/mol. The number of thioether (sulfide) groups is 1. The maximum absolute atomic E-state index is 12.7. The normalized spacial score (nSPS) is 15.5. The van der Waals surface area contributed by atoms with E-state index in [4.69, 9.17) is 0 Å². The van der Waals surface area contributed by atoms with Gasteiger partial charge in [-0.05, 0) is 48.5 Å². The van der Waals surface area contributed by atoms with E-state index in [1.165, 1.54) is 0 Å². The smallest absolute Gasteiger partial charge is 0.294 e. The second-order valence-corrected chi connectivity index (χ2v) is 7.89. The van der Waals surface area contributed by atoms with Gasteiger partial charge in [-0.3, -0.25) is 19.3 Å². The average Bonchev–Trinajstić information content (AvgIpc) is 3.13. The van der Waals surface area contributed by atoms with Gasteiger partial charge in [0.1, 0.15) is 6.54 Å². The molecule has 7 heteroatoms. The van der Waals surface area contributed by atoms with E-state index >= 15 is 0 Å². The molecule has 0 aliphatic carbocycles. The van der Waals surface area contributed by atoms with Crippen LogP contribution in [0.5, 0.6) is 0 Å². The maximum atomic E-state index is 12.7. The molecular weight excluding hydrogens is 386 g/mol. The fraction of sp³-hybridized carbons (Fsp3) is 0.136. The Labute approximate surface area is 172 Å². The van der Waals surface area contributed by atoms with Crippen molar-refractivity contribution in [3.05, 3.63) is 70.8 Å². The molecule has 3 aromatic rings. The summed E-state index contributed by atoms with van der Waals surface area (Å²) in [5.74, 6) is -0.864. The van der Waals surface area contributed by atoms with Crippen molar-refractivity contribution in [3.63, 3.8) is 0 Å². The van der Waals surface area contributed by atoms with Crippen LogP contribution in [0, 0.1) is 6.92 Å². The quantitative estimate of drug-likeness (QED) is 0.662. The molecule has 6 nitrogen and oxygen atoms in total. The molecule has 1 aromatic heterocycles. The summed E-state index contributed by atoms with van der Waals surface area (Å²) >= 11 is 0.854. The molecule has 0 radical (unpaired) electrons. The summed E-state index contributed by atoms with van der Waals surface area (Å²) in [6.07, 6.45) is 3.63. The van der Waals surface area contributed by atoms with Crippen LogP contribution in [0.25, 0.3) is 17.0 Å². The predicted octanol–water partition coefficient (Wildman–Crippen LogP) is 4.16. The van der Waals surface area contributed by atoms with Crippen LogP contribution in [0.3, 0.4) is 0 Å². The molecule has 0 spiro atoms. The van der Waals surface area contributed by atoms with E-state index < -0.39 is 17.1 Å². The van der Waals surface area contributed by atoms with Gasteiger partial charge in [0.25, 0.3) is 11.1 Å². The van der Waals surface area contributed by atoms with Crippen molar-refractivity contribution in [2.45, 2.75) is 6.92 Å². The lowest BCUT2D eigenvalue weighted by atomic mass is 10.1. The Kier molecular flexibility index (Phi) is 4.98. The van der Waals surface area contributed by atoms with Crippen molar-refractivity contribution in [1.29, 1.82) is 0 Å². The first-order chi connectivity index (χ1) is 13.9. The number of carbonyl (C=O) groups excluding carboxylic acids is 3. The van der Waals surface area contributed by atoms with Gasteiger partial charge >= 0.3 is 0 Å². The molecule has 4 rings (SSSR count). The van der Waals surface area contributed by atoms with E-state index in [1.807, 2.05) is 67.2 Å². The van der Waals surface area contributed by atoms with E-state index in [0.29, 0.717) is 10.6 Å². The van der Waals surface area contributed by atoms with Crippen molar-refractivity contribution < 1.29 is 14.4 Å². The number of hydrogen-bond acceptors (Lipinski definition) is 4. The van der Waals surface area contributed by atoms with Gasteiger partial charge in [-0.2, -0.15) is 0 Å². The first kappa shape index (κ1) is 19.0. The molecule has 0 bridgehead atoms. The third-order valence-electron chi connectivity index (χ3n) is 4.69. The third kappa shape index (κ3) is 3.82. The summed E-state index contributed by atoms with van der Waals surface area (Å²) < 4.78 is 1.97. The summed E-state index contributed by atoms with van der Waals surface area (Å²) in [6, 6.07) is 15.2. The number of amides is 3. The number of fused-ring (bicyclic) bond motifs is 1. The number of benzene rings is 2. The zero-order valence-electron chi connectivity index (χ0n) is 16.0. The summed E-state index contributed by atoms with van der Waals surface area (Å²) in [5, 5.41) is 3.28. The molecule has 2 aromatic carbocycles. The van der Waals surface area contributed by atoms with Gasteiger partial charge in [-0.25, -0.2) is 0 Å². The molecule has 1 aliphatic rings. The number of nitrogens with one attached hydrogen (secondary N) is 1. The molecule has 146 valence electrons. The molecule has 1 fully saturated rings. The van der Waals surface area contributed by atoms with Crippen LogP contribution in [0.1, 0.15) is 11.1 Å². The number of anilines is 1. The molecule has 0 atom stereocenters. The topological polar surface area (TPSA) is 71.4 Å². The van der Waals surface area contributed by atoms with Crippen LogP contribution >= 0.6 is 11.8 Å². The van der Waals surface area contributed by atoms with Crippen LogP contribution in [-0.2, 0) is 16.6 Å². The Bertz CT molecular complexity index is 1180. The number of hydrogen-bond donors (Lipinski definition) is 1. The fourth-order valence-electron chi connectivity index (χ4n) is 3.33. The highest BCUT2D eigenvalue weighted by Gasteiger charge is 2.36. The van der Waals surface area contributed by atoms with Gasteiger partial charge in [-0.1, -0.05) is 30.3 Å². The molecular formula is C22H19N3O3S. The van der Waals surface area contributed by atoms with Crippen molar-refractivity contribution in [2.24, 2.45) is 7.05 Å². The standard InChI is InChI=1S/C22H19N3O3S/c1-14-6-5-7-16(10-14)23-20(26)13-25-21(27)19(29-22(25)28)11-15-12-24(2)18-9-4-3-8-17(15)18/h3-12H,13H2,1-2H3,(H,23,26)/b19-11-. The number of aryl methyl sites for hydroxylation is 2. The second-order valence-electron chi connectivity index (χ2n) is 6.90. The number of carbonyl (C=O) groups is 3. The predicted molar refractivity (Wildman–Crippen MR) is 115 cm³/mol. The number of nitrogens with zero attached hydrogens (tertiary/aromatic N) is 2.